The van der Waals surface area contributed by atoms with Crippen LogP contribution in [0.5, 0.6) is 0 Å². The molecule has 1 aromatic carbocycles. The summed E-state index contributed by atoms with van der Waals surface area (Å²) in [6, 6.07) is 11.6. The van der Waals surface area contributed by atoms with Crippen LogP contribution < -0.4 is 4.90 Å². The predicted molar refractivity (Wildman–Crippen MR) is 91.8 cm³/mol. The van der Waals surface area contributed by atoms with E-state index >= 15 is 0 Å². The van der Waals surface area contributed by atoms with Gasteiger partial charge in [-0.05, 0) is 55.2 Å². The van der Waals surface area contributed by atoms with Crippen molar-refractivity contribution < 1.29 is 0 Å². The van der Waals surface area contributed by atoms with E-state index in [2.05, 4.69) is 22.0 Å². The van der Waals surface area contributed by atoms with Crippen LogP contribution in [0.4, 0.5) is 5.82 Å². The van der Waals surface area contributed by atoms with Crippen LogP contribution in [-0.4, -0.2) is 32.9 Å². The monoisotopic (exact) mass is 327 g/mol. The molecule has 6 heteroatoms. The number of halogens is 1. The molecule has 0 bridgehead atoms. The second-order valence-electron chi connectivity index (χ2n) is 6.16. The first-order valence-corrected chi connectivity index (χ1v) is 8.32. The molecule has 1 saturated heterocycles. The molecule has 2 aromatic heterocycles. The van der Waals surface area contributed by atoms with Crippen LogP contribution in [0.25, 0.3) is 17.0 Å². The molecule has 1 aliphatic heterocycles. The molecule has 3 heterocycles. The lowest BCUT2D eigenvalue weighted by atomic mass is 9.99. The Hall–Kier alpha value is -2.14. The van der Waals surface area contributed by atoms with E-state index in [0.717, 1.165) is 41.9 Å². The second kappa shape index (κ2) is 5.81. The zero-order valence-electron chi connectivity index (χ0n) is 13.0. The summed E-state index contributed by atoms with van der Waals surface area (Å²) in [7, 11) is 0. The second-order valence-corrected chi connectivity index (χ2v) is 6.60. The number of hydrogen-bond acceptors (Lipinski definition) is 4. The molecule has 1 fully saturated rings. The summed E-state index contributed by atoms with van der Waals surface area (Å²) in [5, 5.41) is 14.0. The van der Waals surface area contributed by atoms with Gasteiger partial charge in [-0.15, -0.1) is 15.3 Å². The third-order valence-electron chi connectivity index (χ3n) is 4.46. The molecular weight excluding hydrogens is 310 g/mol. The smallest absolute Gasteiger partial charge is 0.185 e. The molecule has 0 N–H and O–H groups in total. The van der Waals surface area contributed by atoms with E-state index in [1.165, 1.54) is 12.8 Å². The fourth-order valence-corrected chi connectivity index (χ4v) is 3.09. The summed E-state index contributed by atoms with van der Waals surface area (Å²) < 4.78 is 1.82. The molecule has 0 unspecified atom stereocenters. The lowest BCUT2D eigenvalue weighted by molar-refractivity contribution is 0.435. The Labute approximate surface area is 139 Å². The topological polar surface area (TPSA) is 46.3 Å². The molecule has 3 aromatic rings. The number of rotatable bonds is 2. The van der Waals surface area contributed by atoms with E-state index < -0.39 is 0 Å². The third kappa shape index (κ3) is 2.77. The molecule has 0 spiro atoms. The van der Waals surface area contributed by atoms with Crippen LogP contribution in [0.2, 0.25) is 5.02 Å². The van der Waals surface area contributed by atoms with Gasteiger partial charge < -0.3 is 4.90 Å². The number of anilines is 1. The molecule has 1 aliphatic rings. The van der Waals surface area contributed by atoms with Gasteiger partial charge in [0.05, 0.1) is 0 Å². The minimum Gasteiger partial charge on any atom is -0.355 e. The normalized spacial score (nSPS) is 16.2. The maximum absolute atomic E-state index is 5.96. The van der Waals surface area contributed by atoms with E-state index in [9.17, 15) is 0 Å². The molecule has 4 rings (SSSR count). The van der Waals surface area contributed by atoms with Crippen molar-refractivity contribution in [1.82, 2.24) is 19.8 Å². The zero-order valence-corrected chi connectivity index (χ0v) is 13.7. The SMILES string of the molecule is CC1CCN(c2ccc3nnc(-c4ccc(Cl)cc4)n3n2)CC1. The number of benzene rings is 1. The molecule has 0 amide bonds. The predicted octanol–water partition coefficient (Wildman–Crippen LogP) is 3.68. The first-order chi connectivity index (χ1) is 11.2. The van der Waals surface area contributed by atoms with Crippen molar-refractivity contribution in [2.45, 2.75) is 19.8 Å². The molecule has 23 heavy (non-hydrogen) atoms. The van der Waals surface area contributed by atoms with E-state index in [4.69, 9.17) is 16.7 Å². The lowest BCUT2D eigenvalue weighted by Crippen LogP contribution is -2.33. The third-order valence-corrected chi connectivity index (χ3v) is 4.71. The standard InChI is InChI=1S/C17H18ClN5/c1-12-8-10-22(11-9-12)16-7-6-15-19-20-17(23(15)21-16)13-2-4-14(18)5-3-13/h2-7,12H,8-11H2,1H3. The Balaban J connectivity index is 1.73. The zero-order chi connectivity index (χ0) is 15.8. The van der Waals surface area contributed by atoms with Gasteiger partial charge in [0.1, 0.15) is 5.82 Å². The lowest BCUT2D eigenvalue weighted by Gasteiger charge is -2.30. The number of hydrogen-bond donors (Lipinski definition) is 0. The van der Waals surface area contributed by atoms with E-state index in [-0.39, 0.29) is 0 Å². The fraction of sp³-hybridized carbons (Fsp3) is 0.353. The van der Waals surface area contributed by atoms with Gasteiger partial charge in [0.15, 0.2) is 11.5 Å². The Bertz CT molecular complexity index is 819. The molecule has 0 saturated carbocycles. The number of piperidine rings is 1. The molecule has 0 radical (unpaired) electrons. The molecular formula is C17H18ClN5. The van der Waals surface area contributed by atoms with Crippen molar-refractivity contribution in [2.24, 2.45) is 5.92 Å². The first kappa shape index (κ1) is 14.5. The number of fused-ring (bicyclic) bond motifs is 1. The minimum atomic E-state index is 0.707. The van der Waals surface area contributed by atoms with Gasteiger partial charge in [0.25, 0.3) is 0 Å². The molecule has 5 nitrogen and oxygen atoms in total. The van der Waals surface area contributed by atoms with Crippen molar-refractivity contribution in [3.8, 4) is 11.4 Å². The fourth-order valence-electron chi connectivity index (χ4n) is 2.96. The molecule has 0 aliphatic carbocycles. The van der Waals surface area contributed by atoms with Gasteiger partial charge in [-0.1, -0.05) is 18.5 Å². The highest BCUT2D eigenvalue weighted by Crippen LogP contribution is 2.24. The van der Waals surface area contributed by atoms with E-state index in [1.807, 2.05) is 40.9 Å². The maximum Gasteiger partial charge on any atom is 0.185 e. The maximum atomic E-state index is 5.96. The highest BCUT2D eigenvalue weighted by atomic mass is 35.5. The van der Waals surface area contributed by atoms with Gasteiger partial charge in [-0.25, -0.2) is 0 Å². The molecule has 118 valence electrons. The van der Waals surface area contributed by atoms with Crippen LogP contribution in [0.3, 0.4) is 0 Å². The van der Waals surface area contributed by atoms with Crippen LogP contribution in [0, 0.1) is 5.92 Å². The van der Waals surface area contributed by atoms with Crippen LogP contribution in [-0.2, 0) is 0 Å². The number of nitrogens with zero attached hydrogens (tertiary/aromatic N) is 5. The molecule has 0 atom stereocenters. The summed E-state index contributed by atoms with van der Waals surface area (Å²) >= 11 is 5.96. The number of aromatic nitrogens is 4. The first-order valence-electron chi connectivity index (χ1n) is 7.94. The largest absolute Gasteiger partial charge is 0.355 e. The Kier molecular flexibility index (Phi) is 3.65. The Morgan fingerprint density at radius 3 is 2.48 bits per heavy atom. The summed E-state index contributed by atoms with van der Waals surface area (Å²) in [6.45, 7) is 4.42. The summed E-state index contributed by atoms with van der Waals surface area (Å²) in [5.74, 6) is 2.53. The van der Waals surface area contributed by atoms with Gasteiger partial charge in [-0.3, -0.25) is 0 Å². The summed E-state index contributed by atoms with van der Waals surface area (Å²) in [4.78, 5) is 2.34. The van der Waals surface area contributed by atoms with Crippen molar-refractivity contribution in [2.75, 3.05) is 18.0 Å². The van der Waals surface area contributed by atoms with Crippen molar-refractivity contribution in [3.63, 3.8) is 0 Å². The van der Waals surface area contributed by atoms with Crippen molar-refractivity contribution in [3.05, 3.63) is 41.4 Å². The van der Waals surface area contributed by atoms with Crippen LogP contribution >= 0.6 is 11.6 Å². The Morgan fingerprint density at radius 2 is 1.74 bits per heavy atom. The van der Waals surface area contributed by atoms with E-state index in [1.54, 1.807) is 0 Å². The van der Waals surface area contributed by atoms with Crippen molar-refractivity contribution >= 4 is 23.1 Å². The van der Waals surface area contributed by atoms with Gasteiger partial charge in [0, 0.05) is 23.7 Å². The van der Waals surface area contributed by atoms with Crippen molar-refractivity contribution in [1.29, 1.82) is 0 Å². The van der Waals surface area contributed by atoms with Crippen LogP contribution in [0.15, 0.2) is 36.4 Å². The van der Waals surface area contributed by atoms with Gasteiger partial charge in [0.2, 0.25) is 0 Å². The van der Waals surface area contributed by atoms with Crippen LogP contribution in [0.1, 0.15) is 19.8 Å². The summed E-state index contributed by atoms with van der Waals surface area (Å²) in [6.07, 6.45) is 2.43. The minimum absolute atomic E-state index is 0.707. The van der Waals surface area contributed by atoms with E-state index in [0.29, 0.717) is 5.02 Å². The summed E-state index contributed by atoms with van der Waals surface area (Å²) in [5.41, 5.74) is 1.71. The highest BCUT2D eigenvalue weighted by molar-refractivity contribution is 6.30. The average molecular weight is 328 g/mol. The highest BCUT2D eigenvalue weighted by Gasteiger charge is 2.18. The average Bonchev–Trinajstić information content (AvgIpc) is 2.99. The Morgan fingerprint density at radius 1 is 1.00 bits per heavy atom. The van der Waals surface area contributed by atoms with Gasteiger partial charge in [-0.2, -0.15) is 4.52 Å². The quantitative estimate of drug-likeness (QED) is 0.720. The van der Waals surface area contributed by atoms with Gasteiger partial charge >= 0.3 is 0 Å².